The minimum absolute atomic E-state index is 0.0430. The molecule has 2 aliphatic rings. The van der Waals surface area contributed by atoms with E-state index in [4.69, 9.17) is 14.6 Å². The van der Waals surface area contributed by atoms with Crippen molar-refractivity contribution in [3.63, 3.8) is 0 Å². The summed E-state index contributed by atoms with van der Waals surface area (Å²) in [5.74, 6) is 0. The van der Waals surface area contributed by atoms with E-state index >= 15 is 0 Å². The largest absolute Gasteiger partial charge is 0.394 e. The second-order valence-electron chi connectivity index (χ2n) is 4.39. The number of hydrogen-bond donors (Lipinski definition) is 4. The second kappa shape index (κ2) is 4.95. The van der Waals surface area contributed by atoms with Crippen LogP contribution in [0.3, 0.4) is 0 Å². The molecule has 1 saturated heterocycles. The van der Waals surface area contributed by atoms with Gasteiger partial charge < -0.3 is 29.9 Å². The molecule has 3 unspecified atom stereocenters. The standard InChI is InChI=1S/C10H18O6/c11-4-6-7(12)8(13)9(14)10(16-6)15-5-2-1-3-5/h5-14H,1-4H2/t6?,7-,8?,9?,10-/m1/s1. The van der Waals surface area contributed by atoms with E-state index in [1.807, 2.05) is 0 Å². The Morgan fingerprint density at radius 2 is 1.75 bits per heavy atom. The van der Waals surface area contributed by atoms with Gasteiger partial charge in [0.25, 0.3) is 0 Å². The van der Waals surface area contributed by atoms with Gasteiger partial charge in [-0.15, -0.1) is 0 Å². The Morgan fingerprint density at radius 3 is 2.25 bits per heavy atom. The van der Waals surface area contributed by atoms with Crippen molar-refractivity contribution in [3.05, 3.63) is 0 Å². The zero-order valence-corrected chi connectivity index (χ0v) is 8.90. The molecule has 0 bridgehead atoms. The molecular formula is C10H18O6. The van der Waals surface area contributed by atoms with Gasteiger partial charge in [0.05, 0.1) is 12.7 Å². The van der Waals surface area contributed by atoms with Crippen LogP contribution in [-0.2, 0) is 9.47 Å². The van der Waals surface area contributed by atoms with Gasteiger partial charge in [-0.1, -0.05) is 0 Å². The third-order valence-corrected chi connectivity index (χ3v) is 3.23. The molecule has 1 saturated carbocycles. The van der Waals surface area contributed by atoms with Crippen molar-refractivity contribution in [3.8, 4) is 0 Å². The van der Waals surface area contributed by atoms with Crippen LogP contribution in [0.4, 0.5) is 0 Å². The normalized spacial score (nSPS) is 45.4. The molecule has 1 aliphatic heterocycles. The molecule has 94 valence electrons. The Bertz CT molecular complexity index is 229. The molecule has 0 radical (unpaired) electrons. The second-order valence-corrected chi connectivity index (χ2v) is 4.39. The van der Waals surface area contributed by atoms with Crippen molar-refractivity contribution >= 4 is 0 Å². The maximum absolute atomic E-state index is 9.65. The molecular weight excluding hydrogens is 216 g/mol. The topological polar surface area (TPSA) is 99.4 Å². The van der Waals surface area contributed by atoms with Crippen LogP contribution in [0.5, 0.6) is 0 Å². The molecule has 4 N–H and O–H groups in total. The number of hydrogen-bond acceptors (Lipinski definition) is 6. The first kappa shape index (κ1) is 12.2. The fourth-order valence-electron chi connectivity index (χ4n) is 1.88. The summed E-state index contributed by atoms with van der Waals surface area (Å²) in [6.07, 6.45) is -2.85. The van der Waals surface area contributed by atoms with E-state index < -0.39 is 37.3 Å². The van der Waals surface area contributed by atoms with Crippen molar-refractivity contribution in [1.82, 2.24) is 0 Å². The molecule has 6 heteroatoms. The number of aliphatic hydroxyl groups is 4. The predicted molar refractivity (Wildman–Crippen MR) is 52.5 cm³/mol. The van der Waals surface area contributed by atoms with Crippen molar-refractivity contribution in [1.29, 1.82) is 0 Å². The van der Waals surface area contributed by atoms with Crippen LogP contribution in [0.15, 0.2) is 0 Å². The molecule has 0 aromatic rings. The maximum atomic E-state index is 9.65. The summed E-state index contributed by atoms with van der Waals surface area (Å²) in [6, 6.07) is 0. The first-order valence-electron chi connectivity index (χ1n) is 5.59. The number of rotatable bonds is 3. The van der Waals surface area contributed by atoms with E-state index in [-0.39, 0.29) is 6.10 Å². The van der Waals surface area contributed by atoms with E-state index in [0.29, 0.717) is 0 Å². The zero-order valence-electron chi connectivity index (χ0n) is 8.90. The fraction of sp³-hybridized carbons (Fsp3) is 1.00. The average Bonchev–Trinajstić information content (AvgIpc) is 2.23. The summed E-state index contributed by atoms with van der Waals surface area (Å²) in [5.41, 5.74) is 0. The van der Waals surface area contributed by atoms with Gasteiger partial charge in [0.1, 0.15) is 24.4 Å². The average molecular weight is 234 g/mol. The van der Waals surface area contributed by atoms with E-state index in [2.05, 4.69) is 0 Å². The minimum Gasteiger partial charge on any atom is -0.394 e. The molecule has 0 aromatic heterocycles. The minimum atomic E-state index is -1.35. The fourth-order valence-corrected chi connectivity index (χ4v) is 1.88. The Balaban J connectivity index is 1.95. The highest BCUT2D eigenvalue weighted by atomic mass is 16.7. The zero-order chi connectivity index (χ0) is 11.7. The van der Waals surface area contributed by atoms with Gasteiger partial charge in [0, 0.05) is 0 Å². The van der Waals surface area contributed by atoms with Gasteiger partial charge in [-0.05, 0) is 19.3 Å². The van der Waals surface area contributed by atoms with Gasteiger partial charge in [-0.25, -0.2) is 0 Å². The Hall–Kier alpha value is -0.240. The van der Waals surface area contributed by atoms with Crippen molar-refractivity contribution in [2.24, 2.45) is 0 Å². The summed E-state index contributed by atoms with van der Waals surface area (Å²) >= 11 is 0. The van der Waals surface area contributed by atoms with Crippen LogP contribution in [0.25, 0.3) is 0 Å². The smallest absolute Gasteiger partial charge is 0.186 e. The molecule has 2 fully saturated rings. The third-order valence-electron chi connectivity index (χ3n) is 3.23. The van der Waals surface area contributed by atoms with Gasteiger partial charge in [-0.2, -0.15) is 0 Å². The lowest BCUT2D eigenvalue weighted by Crippen LogP contribution is -2.59. The van der Waals surface area contributed by atoms with E-state index in [0.717, 1.165) is 19.3 Å². The van der Waals surface area contributed by atoms with Gasteiger partial charge >= 0.3 is 0 Å². The summed E-state index contributed by atoms with van der Waals surface area (Å²) in [6.45, 7) is -0.421. The third kappa shape index (κ3) is 2.22. The van der Waals surface area contributed by atoms with Gasteiger partial charge in [0.15, 0.2) is 6.29 Å². The van der Waals surface area contributed by atoms with E-state index in [9.17, 15) is 15.3 Å². The van der Waals surface area contributed by atoms with E-state index in [1.54, 1.807) is 0 Å². The van der Waals surface area contributed by atoms with Gasteiger partial charge in [0.2, 0.25) is 0 Å². The van der Waals surface area contributed by atoms with Crippen molar-refractivity contribution in [2.45, 2.75) is 56.1 Å². The Morgan fingerprint density at radius 1 is 1.06 bits per heavy atom. The lowest BCUT2D eigenvalue weighted by Gasteiger charge is -2.42. The first-order chi connectivity index (χ1) is 7.63. The summed E-state index contributed by atoms with van der Waals surface area (Å²) in [7, 11) is 0. The molecule has 5 atom stereocenters. The molecule has 1 aliphatic carbocycles. The highest BCUT2D eigenvalue weighted by Gasteiger charge is 2.45. The summed E-state index contributed by atoms with van der Waals surface area (Å²) in [5, 5.41) is 37.6. The van der Waals surface area contributed by atoms with Crippen LogP contribution < -0.4 is 0 Å². The number of aliphatic hydroxyl groups excluding tert-OH is 4. The van der Waals surface area contributed by atoms with E-state index in [1.165, 1.54) is 0 Å². The molecule has 0 spiro atoms. The lowest BCUT2D eigenvalue weighted by molar-refractivity contribution is -0.316. The molecule has 2 rings (SSSR count). The van der Waals surface area contributed by atoms with Crippen LogP contribution in [-0.4, -0.2) is 63.8 Å². The highest BCUT2D eigenvalue weighted by molar-refractivity contribution is 4.89. The van der Waals surface area contributed by atoms with Crippen molar-refractivity contribution < 1.29 is 29.9 Å². The molecule has 16 heavy (non-hydrogen) atoms. The highest BCUT2D eigenvalue weighted by Crippen LogP contribution is 2.28. The first-order valence-corrected chi connectivity index (χ1v) is 5.59. The monoisotopic (exact) mass is 234 g/mol. The van der Waals surface area contributed by atoms with Crippen LogP contribution >= 0.6 is 0 Å². The Kier molecular flexibility index (Phi) is 3.78. The Labute approximate surface area is 93.4 Å². The SMILES string of the molecule is OCC1O[C@@H](OC2CCC2)C(O)C(O)[C@@H]1O. The van der Waals surface area contributed by atoms with Crippen LogP contribution in [0.1, 0.15) is 19.3 Å². The van der Waals surface area contributed by atoms with Crippen LogP contribution in [0.2, 0.25) is 0 Å². The quantitative estimate of drug-likeness (QED) is 0.467. The van der Waals surface area contributed by atoms with Crippen LogP contribution in [0, 0.1) is 0 Å². The van der Waals surface area contributed by atoms with Gasteiger partial charge in [-0.3, -0.25) is 0 Å². The number of ether oxygens (including phenoxy) is 2. The van der Waals surface area contributed by atoms with Crippen molar-refractivity contribution in [2.75, 3.05) is 6.61 Å². The molecule has 1 heterocycles. The predicted octanol–water partition coefficient (Wildman–Crippen LogP) is -1.64. The molecule has 0 aromatic carbocycles. The lowest BCUT2D eigenvalue weighted by atomic mass is 9.95. The molecule has 6 nitrogen and oxygen atoms in total. The maximum Gasteiger partial charge on any atom is 0.186 e. The molecule has 0 amide bonds. The summed E-state index contributed by atoms with van der Waals surface area (Å²) < 4.78 is 10.6. The summed E-state index contributed by atoms with van der Waals surface area (Å²) in [4.78, 5) is 0.